The maximum atomic E-state index is 13.1. The van der Waals surface area contributed by atoms with Gasteiger partial charge in [-0.25, -0.2) is 4.39 Å². The zero-order valence-corrected chi connectivity index (χ0v) is 13.2. The summed E-state index contributed by atoms with van der Waals surface area (Å²) in [7, 11) is 0. The fraction of sp³-hybridized carbons (Fsp3) is 0.588. The molecule has 21 heavy (non-hydrogen) atoms. The van der Waals surface area contributed by atoms with Crippen LogP contribution in [0.25, 0.3) is 0 Å². The van der Waals surface area contributed by atoms with Crippen molar-refractivity contribution >= 4 is 5.91 Å². The number of nitrogens with one attached hydrogen (secondary N) is 2. The van der Waals surface area contributed by atoms with Gasteiger partial charge in [-0.15, -0.1) is 0 Å². The molecule has 0 spiro atoms. The highest BCUT2D eigenvalue weighted by Gasteiger charge is 2.34. The highest BCUT2D eigenvalue weighted by Crippen LogP contribution is 2.33. The Bertz CT molecular complexity index is 493. The van der Waals surface area contributed by atoms with Gasteiger partial charge in [-0.3, -0.25) is 4.79 Å². The number of rotatable bonds is 3. The van der Waals surface area contributed by atoms with Crippen LogP contribution in [0.1, 0.15) is 45.7 Å². The molecule has 1 heterocycles. The van der Waals surface area contributed by atoms with E-state index < -0.39 is 0 Å². The monoisotopic (exact) mass is 292 g/mol. The molecule has 1 aliphatic heterocycles. The van der Waals surface area contributed by atoms with Crippen molar-refractivity contribution in [2.45, 2.75) is 46.2 Å². The van der Waals surface area contributed by atoms with Crippen LogP contribution in [0.5, 0.6) is 0 Å². The van der Waals surface area contributed by atoms with Crippen LogP contribution in [0.15, 0.2) is 24.3 Å². The summed E-state index contributed by atoms with van der Waals surface area (Å²) in [6, 6.07) is 6.11. The smallest absolute Gasteiger partial charge is 0.237 e. The van der Waals surface area contributed by atoms with E-state index in [4.69, 9.17) is 0 Å². The molecule has 0 aliphatic carbocycles. The molecule has 2 rings (SSSR count). The van der Waals surface area contributed by atoms with Crippen LogP contribution in [-0.4, -0.2) is 18.5 Å². The van der Waals surface area contributed by atoms with Crippen LogP contribution in [0.2, 0.25) is 0 Å². The standard InChI is InChI=1S/C17H25FN2O/c1-11-9-10-19-14(11)16(21)20-15(17(2,3)4)12-5-7-13(18)8-6-12/h5-8,11,14-15,19H,9-10H2,1-4H3,(H,20,21). The van der Waals surface area contributed by atoms with Gasteiger partial charge >= 0.3 is 0 Å². The molecule has 116 valence electrons. The van der Waals surface area contributed by atoms with Crippen molar-refractivity contribution in [1.82, 2.24) is 10.6 Å². The minimum atomic E-state index is -0.260. The van der Waals surface area contributed by atoms with Crippen LogP contribution in [0.3, 0.4) is 0 Å². The summed E-state index contributed by atoms with van der Waals surface area (Å²) in [5, 5.41) is 6.39. The SMILES string of the molecule is CC1CCNC1C(=O)NC(c1ccc(F)cc1)C(C)(C)C. The van der Waals surface area contributed by atoms with E-state index in [0.29, 0.717) is 5.92 Å². The van der Waals surface area contributed by atoms with Crippen LogP contribution in [-0.2, 0) is 4.79 Å². The fourth-order valence-corrected chi connectivity index (χ4v) is 2.87. The molecule has 1 aliphatic rings. The van der Waals surface area contributed by atoms with E-state index in [0.717, 1.165) is 18.5 Å². The molecule has 2 N–H and O–H groups in total. The normalized spacial score (nSPS) is 23.9. The maximum absolute atomic E-state index is 13.1. The number of carbonyl (C=O) groups excluding carboxylic acids is 1. The molecule has 1 saturated heterocycles. The largest absolute Gasteiger partial charge is 0.347 e. The second-order valence-corrected chi connectivity index (χ2v) is 7.06. The second kappa shape index (κ2) is 6.14. The average Bonchev–Trinajstić information content (AvgIpc) is 2.82. The summed E-state index contributed by atoms with van der Waals surface area (Å²) in [6.45, 7) is 9.21. The lowest BCUT2D eigenvalue weighted by Gasteiger charge is -2.33. The Balaban J connectivity index is 2.17. The minimum absolute atomic E-state index is 0.0317. The van der Waals surface area contributed by atoms with Gasteiger partial charge in [0.1, 0.15) is 5.82 Å². The fourth-order valence-electron chi connectivity index (χ4n) is 2.87. The van der Waals surface area contributed by atoms with Crippen molar-refractivity contribution in [2.75, 3.05) is 6.54 Å². The van der Waals surface area contributed by atoms with E-state index in [1.165, 1.54) is 12.1 Å². The van der Waals surface area contributed by atoms with Crippen LogP contribution >= 0.6 is 0 Å². The molecule has 3 unspecified atom stereocenters. The topological polar surface area (TPSA) is 41.1 Å². The summed E-state index contributed by atoms with van der Waals surface area (Å²) >= 11 is 0. The molecule has 1 fully saturated rings. The van der Waals surface area contributed by atoms with Crippen LogP contribution in [0.4, 0.5) is 4.39 Å². The lowest BCUT2D eigenvalue weighted by atomic mass is 9.82. The molecule has 4 heteroatoms. The van der Waals surface area contributed by atoms with Gasteiger partial charge in [0.25, 0.3) is 0 Å². The number of hydrogen-bond acceptors (Lipinski definition) is 2. The lowest BCUT2D eigenvalue weighted by Crippen LogP contribution is -2.47. The van der Waals surface area contributed by atoms with Gasteiger partial charge < -0.3 is 10.6 Å². The predicted molar refractivity (Wildman–Crippen MR) is 82.3 cm³/mol. The number of hydrogen-bond donors (Lipinski definition) is 2. The van der Waals surface area contributed by atoms with Crippen molar-refractivity contribution in [1.29, 1.82) is 0 Å². The second-order valence-electron chi connectivity index (χ2n) is 7.06. The van der Waals surface area contributed by atoms with E-state index in [1.807, 2.05) is 0 Å². The van der Waals surface area contributed by atoms with Crippen molar-refractivity contribution in [3.8, 4) is 0 Å². The number of benzene rings is 1. The predicted octanol–water partition coefficient (Wildman–Crippen LogP) is 3.03. The van der Waals surface area contributed by atoms with Gasteiger partial charge in [-0.2, -0.15) is 0 Å². The first-order valence-electron chi connectivity index (χ1n) is 7.58. The third-order valence-corrected chi connectivity index (χ3v) is 4.17. The van der Waals surface area contributed by atoms with Crippen molar-refractivity contribution < 1.29 is 9.18 Å². The molecular formula is C17H25FN2O. The molecule has 0 bridgehead atoms. The quantitative estimate of drug-likeness (QED) is 0.899. The zero-order valence-electron chi connectivity index (χ0n) is 13.2. The molecule has 1 aromatic rings. The molecule has 1 aromatic carbocycles. The van der Waals surface area contributed by atoms with Crippen molar-refractivity contribution in [2.24, 2.45) is 11.3 Å². The summed E-state index contributed by atoms with van der Waals surface area (Å²) in [4.78, 5) is 12.5. The Morgan fingerprint density at radius 1 is 1.33 bits per heavy atom. The average molecular weight is 292 g/mol. The highest BCUT2D eigenvalue weighted by molar-refractivity contribution is 5.82. The van der Waals surface area contributed by atoms with Gasteiger partial charge in [0.15, 0.2) is 0 Å². The summed E-state index contributed by atoms with van der Waals surface area (Å²) in [5.41, 5.74) is 0.790. The number of halogens is 1. The molecule has 0 saturated carbocycles. The van der Waals surface area contributed by atoms with Crippen molar-refractivity contribution in [3.63, 3.8) is 0 Å². The molecule has 3 atom stereocenters. The van der Waals surface area contributed by atoms with Crippen LogP contribution < -0.4 is 10.6 Å². The summed E-state index contributed by atoms with van der Waals surface area (Å²) in [5.74, 6) is 0.118. The van der Waals surface area contributed by atoms with Crippen molar-refractivity contribution in [3.05, 3.63) is 35.6 Å². The Kier molecular flexibility index (Phi) is 4.67. The van der Waals surface area contributed by atoms with E-state index >= 15 is 0 Å². The lowest BCUT2D eigenvalue weighted by molar-refractivity contribution is -0.125. The van der Waals surface area contributed by atoms with E-state index in [-0.39, 0.29) is 29.2 Å². The van der Waals surface area contributed by atoms with Gasteiger partial charge in [0.05, 0.1) is 12.1 Å². The van der Waals surface area contributed by atoms with Crippen LogP contribution in [0, 0.1) is 17.2 Å². The Morgan fingerprint density at radius 3 is 2.43 bits per heavy atom. The van der Waals surface area contributed by atoms with Gasteiger partial charge in [0, 0.05) is 0 Å². The summed E-state index contributed by atoms with van der Waals surface area (Å²) in [6.07, 6.45) is 1.02. The number of amides is 1. The zero-order chi connectivity index (χ0) is 15.6. The highest BCUT2D eigenvalue weighted by atomic mass is 19.1. The number of carbonyl (C=O) groups is 1. The Labute approximate surface area is 126 Å². The van der Waals surface area contributed by atoms with Gasteiger partial charge in [-0.1, -0.05) is 39.8 Å². The third kappa shape index (κ3) is 3.82. The Hall–Kier alpha value is -1.42. The molecule has 0 radical (unpaired) electrons. The third-order valence-electron chi connectivity index (χ3n) is 4.17. The summed E-state index contributed by atoms with van der Waals surface area (Å²) < 4.78 is 13.1. The van der Waals surface area contributed by atoms with E-state index in [9.17, 15) is 9.18 Å². The molecule has 0 aromatic heterocycles. The van der Waals surface area contributed by atoms with E-state index in [2.05, 4.69) is 38.3 Å². The minimum Gasteiger partial charge on any atom is -0.347 e. The first kappa shape index (κ1) is 16.0. The van der Waals surface area contributed by atoms with E-state index in [1.54, 1.807) is 12.1 Å². The van der Waals surface area contributed by atoms with Gasteiger partial charge in [-0.05, 0) is 42.0 Å². The Morgan fingerprint density at radius 2 is 1.95 bits per heavy atom. The van der Waals surface area contributed by atoms with Gasteiger partial charge in [0.2, 0.25) is 5.91 Å². The maximum Gasteiger partial charge on any atom is 0.237 e. The molecule has 1 amide bonds. The molecule has 3 nitrogen and oxygen atoms in total. The molecular weight excluding hydrogens is 267 g/mol. The first-order valence-corrected chi connectivity index (χ1v) is 7.58. The first-order chi connectivity index (χ1) is 9.79.